The summed E-state index contributed by atoms with van der Waals surface area (Å²) in [5.41, 5.74) is 1.91. The predicted octanol–water partition coefficient (Wildman–Crippen LogP) is 8.14. The lowest BCUT2D eigenvalue weighted by molar-refractivity contribution is -0.929. The average molecular weight is 562 g/mol. The molecule has 39 heavy (non-hydrogen) atoms. The van der Waals surface area contributed by atoms with Crippen LogP contribution in [0.4, 0.5) is 0 Å². The van der Waals surface area contributed by atoms with Crippen molar-refractivity contribution < 1.29 is 9.59 Å². The van der Waals surface area contributed by atoms with Gasteiger partial charge < -0.3 is 9.59 Å². The van der Waals surface area contributed by atoms with E-state index in [0.717, 1.165) is 36.9 Å². The van der Waals surface area contributed by atoms with Crippen LogP contribution in [0.3, 0.4) is 0 Å². The highest BCUT2D eigenvalue weighted by Gasteiger charge is 2.24. The molecule has 0 bridgehead atoms. The van der Waals surface area contributed by atoms with Crippen LogP contribution in [0.5, 0.6) is 5.88 Å². The van der Waals surface area contributed by atoms with Crippen molar-refractivity contribution in [1.29, 1.82) is 0 Å². The zero-order chi connectivity index (χ0) is 28.3. The van der Waals surface area contributed by atoms with Crippen LogP contribution in [0.1, 0.15) is 142 Å². The maximum absolute atomic E-state index is 12.4. The Balaban J connectivity index is 0.000000285. The van der Waals surface area contributed by atoms with Crippen molar-refractivity contribution in [1.82, 2.24) is 19.6 Å². The van der Waals surface area contributed by atoms with Crippen molar-refractivity contribution in [2.75, 3.05) is 32.4 Å². The summed E-state index contributed by atoms with van der Waals surface area (Å²) < 4.78 is 3.23. The van der Waals surface area contributed by atoms with Crippen LogP contribution in [0, 0.1) is 0 Å². The molecule has 0 aromatic carbocycles. The quantitative estimate of drug-likeness (QED) is 0.182. The fraction of sp³-hybridized carbons (Fsp3) is 0.844. The Labute approximate surface area is 244 Å². The topological polar surface area (TPSA) is 66.1 Å². The molecular weight excluding hydrogens is 502 g/mol. The number of hydrogen-bond acceptors (Lipinski definition) is 5. The molecule has 0 aliphatic heterocycles. The number of quaternary nitrogens is 1. The van der Waals surface area contributed by atoms with Gasteiger partial charge in [0.1, 0.15) is 0 Å². The molecule has 2 aromatic rings. The van der Waals surface area contributed by atoms with E-state index in [-0.39, 0.29) is 5.88 Å². The van der Waals surface area contributed by atoms with Crippen LogP contribution in [-0.2, 0) is 12.8 Å². The maximum Gasteiger partial charge on any atom is 0.252 e. The molecule has 0 saturated carbocycles. The smallest absolute Gasteiger partial charge is 0.252 e. The monoisotopic (exact) mass is 561 g/mol. The molecule has 3 rings (SSSR count). The van der Waals surface area contributed by atoms with E-state index in [1.165, 1.54) is 132 Å². The molecule has 0 saturated heterocycles. The zero-order valence-corrected chi connectivity index (χ0v) is 26.9. The van der Waals surface area contributed by atoms with E-state index < -0.39 is 0 Å². The van der Waals surface area contributed by atoms with Crippen molar-refractivity contribution in [2.45, 2.75) is 148 Å². The predicted molar refractivity (Wildman–Crippen MR) is 166 cm³/mol. The highest BCUT2D eigenvalue weighted by atomic mass is 32.2. The third-order valence-corrected chi connectivity index (χ3v) is 8.89. The van der Waals surface area contributed by atoms with Crippen molar-refractivity contribution in [3.63, 3.8) is 0 Å². The Hall–Kier alpha value is -1.34. The second-order valence-electron chi connectivity index (χ2n) is 11.6. The summed E-state index contributed by atoms with van der Waals surface area (Å²) in [5, 5.41) is 17.6. The first-order valence-electron chi connectivity index (χ1n) is 16.4. The second kappa shape index (κ2) is 19.7. The van der Waals surface area contributed by atoms with E-state index in [2.05, 4.69) is 42.8 Å². The molecule has 0 fully saturated rings. The standard InChI is InChI=1S/C16H24N4OS.C16H36N/c1-22-16-18-15-17-14(21)12-10-8-6-4-2-3-5-7-9-11-13(12)20(15)19-16;1-5-9-13-17(14-10-6-2,15-11-7-3)16-12-8-4/h2-11H2,1H3,(H,17,18,19,21);5-16H2,1-4H3/q;+1/p-1. The minimum absolute atomic E-state index is 0.0976. The van der Waals surface area contributed by atoms with Crippen molar-refractivity contribution in [2.24, 2.45) is 0 Å². The Morgan fingerprint density at radius 3 is 1.62 bits per heavy atom. The molecule has 1 aliphatic rings. The van der Waals surface area contributed by atoms with Gasteiger partial charge in [-0.1, -0.05) is 104 Å². The van der Waals surface area contributed by atoms with Crippen molar-refractivity contribution in [3.05, 3.63) is 11.3 Å². The van der Waals surface area contributed by atoms with Gasteiger partial charge in [0.25, 0.3) is 5.78 Å². The van der Waals surface area contributed by atoms with Crippen LogP contribution >= 0.6 is 11.8 Å². The van der Waals surface area contributed by atoms with E-state index in [0.29, 0.717) is 10.9 Å². The lowest BCUT2D eigenvalue weighted by atomic mass is 9.99. The number of nitrogens with zero attached hydrogens (tertiary/aromatic N) is 5. The number of aryl methyl sites for hydroxylation is 1. The summed E-state index contributed by atoms with van der Waals surface area (Å²) in [6.45, 7) is 15.0. The molecule has 0 atom stereocenters. The van der Waals surface area contributed by atoms with Gasteiger partial charge >= 0.3 is 0 Å². The van der Waals surface area contributed by atoms with E-state index in [9.17, 15) is 5.11 Å². The number of unbranched alkanes of at least 4 members (excludes halogenated alkanes) is 4. The Kier molecular flexibility index (Phi) is 17.1. The van der Waals surface area contributed by atoms with E-state index in [1.54, 1.807) is 0 Å². The van der Waals surface area contributed by atoms with Gasteiger partial charge in [-0.15, -0.1) is 5.10 Å². The molecule has 7 heteroatoms. The van der Waals surface area contributed by atoms with Gasteiger partial charge in [-0.25, -0.2) is 4.98 Å². The third-order valence-electron chi connectivity index (χ3n) is 8.35. The lowest BCUT2D eigenvalue weighted by Gasteiger charge is -2.39. The second-order valence-corrected chi connectivity index (χ2v) is 12.4. The molecular formula is C32H59N5OS. The molecule has 1 aliphatic carbocycles. The van der Waals surface area contributed by atoms with Gasteiger partial charge in [-0.05, 0) is 69.1 Å². The molecule has 224 valence electrons. The molecule has 6 nitrogen and oxygen atoms in total. The van der Waals surface area contributed by atoms with Gasteiger partial charge in [0.15, 0.2) is 0 Å². The molecule has 0 spiro atoms. The number of fused-ring (bicyclic) bond motifs is 3. The van der Waals surface area contributed by atoms with Crippen LogP contribution in [0.2, 0.25) is 0 Å². The van der Waals surface area contributed by atoms with Gasteiger partial charge in [0, 0.05) is 0 Å². The fourth-order valence-corrected chi connectivity index (χ4v) is 6.18. The van der Waals surface area contributed by atoms with Crippen molar-refractivity contribution in [3.8, 4) is 5.88 Å². The number of thioether (sulfide) groups is 1. The first-order chi connectivity index (χ1) is 19.0. The van der Waals surface area contributed by atoms with Gasteiger partial charge in [0.05, 0.1) is 31.9 Å². The van der Waals surface area contributed by atoms with Gasteiger partial charge in [0.2, 0.25) is 5.16 Å². The summed E-state index contributed by atoms with van der Waals surface area (Å²) in [6, 6.07) is 0. The molecule has 0 radical (unpaired) electrons. The SMILES string of the molecule is CCCC[N+](CCCC)(CCCC)CCCC.CSc1nc2nc([O-])c3c(n2n1)CCCCCCCCCC3. The van der Waals surface area contributed by atoms with E-state index in [1.807, 2.05) is 10.8 Å². The summed E-state index contributed by atoms with van der Waals surface area (Å²) in [7, 11) is 0. The molecule has 2 heterocycles. The number of rotatable bonds is 13. The van der Waals surface area contributed by atoms with E-state index >= 15 is 0 Å². The van der Waals surface area contributed by atoms with Crippen LogP contribution in [-0.4, -0.2) is 56.5 Å². The fourth-order valence-electron chi connectivity index (χ4n) is 5.84. The first kappa shape index (κ1) is 33.9. The molecule has 0 N–H and O–H groups in total. The average Bonchev–Trinajstić information content (AvgIpc) is 3.36. The van der Waals surface area contributed by atoms with Crippen molar-refractivity contribution >= 4 is 17.5 Å². The normalized spacial score (nSPS) is 15.2. The zero-order valence-electron chi connectivity index (χ0n) is 26.1. The summed E-state index contributed by atoms with van der Waals surface area (Å²) in [5.74, 6) is 0.361. The summed E-state index contributed by atoms with van der Waals surface area (Å²) >= 11 is 1.49. The highest BCUT2D eigenvalue weighted by Crippen LogP contribution is 2.25. The maximum atomic E-state index is 12.4. The third kappa shape index (κ3) is 11.6. The Morgan fingerprint density at radius 2 is 1.15 bits per heavy atom. The van der Waals surface area contributed by atoms with Crippen LogP contribution < -0.4 is 5.11 Å². The molecule has 0 amide bonds. The Morgan fingerprint density at radius 1 is 0.692 bits per heavy atom. The largest absolute Gasteiger partial charge is 0.858 e. The molecule has 0 unspecified atom stereocenters. The lowest BCUT2D eigenvalue weighted by Crippen LogP contribution is -2.50. The van der Waals surface area contributed by atoms with Crippen LogP contribution in [0.25, 0.3) is 5.78 Å². The number of aromatic nitrogens is 4. The van der Waals surface area contributed by atoms with E-state index in [4.69, 9.17) is 0 Å². The summed E-state index contributed by atoms with van der Waals surface area (Å²) in [4.78, 5) is 8.48. The van der Waals surface area contributed by atoms with Crippen LogP contribution in [0.15, 0.2) is 5.16 Å². The minimum Gasteiger partial charge on any atom is -0.858 e. The van der Waals surface area contributed by atoms with Gasteiger partial charge in [-0.3, -0.25) is 0 Å². The Bertz CT molecular complexity index is 878. The first-order valence-corrected chi connectivity index (χ1v) is 17.6. The molecule has 2 aromatic heterocycles. The highest BCUT2D eigenvalue weighted by molar-refractivity contribution is 7.98. The summed E-state index contributed by atoms with van der Waals surface area (Å²) in [6.07, 6.45) is 24.6. The number of hydrogen-bond donors (Lipinski definition) is 0. The minimum atomic E-state index is -0.0976. The van der Waals surface area contributed by atoms with Gasteiger partial charge in [-0.2, -0.15) is 9.50 Å².